The Hall–Kier alpha value is -0.890. The molecule has 1 aromatic rings. The molecule has 76 valence electrons. The molecule has 0 aliphatic rings. The maximum atomic E-state index is 10.5. The molecule has 0 aliphatic heterocycles. The third-order valence-corrected chi connectivity index (χ3v) is 2.41. The predicted octanol–water partition coefficient (Wildman–Crippen LogP) is 3.82. The van der Waals surface area contributed by atoms with Gasteiger partial charge in [0.1, 0.15) is 0 Å². The fourth-order valence-corrected chi connectivity index (χ4v) is 1.54. The molecule has 14 heavy (non-hydrogen) atoms. The topological polar surface area (TPSA) is 29.4 Å². The first-order valence-corrected chi connectivity index (χ1v) is 5.21. The summed E-state index contributed by atoms with van der Waals surface area (Å²) in [6.45, 7) is 2.06. The van der Waals surface area contributed by atoms with Crippen molar-refractivity contribution in [2.45, 2.75) is 32.2 Å². The smallest absolute Gasteiger partial charge is 0.0959 e. The number of hydrogen-bond donors (Lipinski definition) is 0. The van der Waals surface area contributed by atoms with Crippen LogP contribution in [0.4, 0.5) is 0 Å². The van der Waals surface area contributed by atoms with Crippen molar-refractivity contribution in [1.82, 2.24) is 0 Å². The molecule has 0 saturated carbocycles. The predicted molar refractivity (Wildman–Crippen MR) is 59.6 cm³/mol. The van der Waals surface area contributed by atoms with Crippen LogP contribution in [0, 0.1) is 4.91 Å². The lowest BCUT2D eigenvalue weighted by Crippen LogP contribution is -2.06. The second-order valence-corrected chi connectivity index (χ2v) is 3.81. The molecule has 0 amide bonds. The minimum atomic E-state index is -0.0961. The second kappa shape index (κ2) is 5.76. The summed E-state index contributed by atoms with van der Waals surface area (Å²) in [6, 6.07) is 7.46. The SMILES string of the molecule is CCCC(Cc1ccc(Cl)cc1)N=O. The van der Waals surface area contributed by atoms with Crippen molar-refractivity contribution in [3.05, 3.63) is 39.8 Å². The summed E-state index contributed by atoms with van der Waals surface area (Å²) in [5.41, 5.74) is 1.12. The average Bonchev–Trinajstić information content (AvgIpc) is 2.20. The molecule has 0 heterocycles. The van der Waals surface area contributed by atoms with E-state index >= 15 is 0 Å². The molecule has 0 N–H and O–H groups in total. The minimum absolute atomic E-state index is 0.0961. The Bertz CT molecular complexity index is 284. The van der Waals surface area contributed by atoms with Crippen molar-refractivity contribution in [2.75, 3.05) is 0 Å². The fraction of sp³-hybridized carbons (Fsp3) is 0.455. The molecule has 0 radical (unpaired) electrons. The number of rotatable bonds is 5. The van der Waals surface area contributed by atoms with E-state index < -0.39 is 0 Å². The van der Waals surface area contributed by atoms with Crippen LogP contribution in [-0.4, -0.2) is 6.04 Å². The van der Waals surface area contributed by atoms with Crippen LogP contribution in [0.3, 0.4) is 0 Å². The van der Waals surface area contributed by atoms with Gasteiger partial charge in [0.15, 0.2) is 0 Å². The summed E-state index contributed by atoms with van der Waals surface area (Å²) < 4.78 is 0. The summed E-state index contributed by atoms with van der Waals surface area (Å²) in [6.07, 6.45) is 2.56. The van der Waals surface area contributed by atoms with Gasteiger partial charge in [-0.2, -0.15) is 4.91 Å². The molecule has 1 rings (SSSR count). The molecule has 1 atom stereocenters. The van der Waals surface area contributed by atoms with Gasteiger partial charge in [-0.25, -0.2) is 0 Å². The zero-order valence-electron chi connectivity index (χ0n) is 8.24. The monoisotopic (exact) mass is 211 g/mol. The number of halogens is 1. The molecule has 0 fully saturated rings. The van der Waals surface area contributed by atoms with Crippen LogP contribution < -0.4 is 0 Å². The van der Waals surface area contributed by atoms with Crippen LogP contribution in [0.25, 0.3) is 0 Å². The van der Waals surface area contributed by atoms with Gasteiger partial charge in [-0.05, 0) is 30.5 Å². The van der Waals surface area contributed by atoms with E-state index in [4.69, 9.17) is 11.6 Å². The van der Waals surface area contributed by atoms with Crippen LogP contribution >= 0.6 is 11.6 Å². The summed E-state index contributed by atoms with van der Waals surface area (Å²) >= 11 is 5.76. The van der Waals surface area contributed by atoms with Crippen molar-refractivity contribution >= 4 is 11.6 Å². The lowest BCUT2D eigenvalue weighted by atomic mass is 10.0. The van der Waals surface area contributed by atoms with Gasteiger partial charge in [-0.15, -0.1) is 0 Å². The van der Waals surface area contributed by atoms with Gasteiger partial charge in [0.05, 0.1) is 6.04 Å². The van der Waals surface area contributed by atoms with E-state index in [0.29, 0.717) is 6.42 Å². The highest BCUT2D eigenvalue weighted by atomic mass is 35.5. The normalized spacial score (nSPS) is 12.4. The number of benzene rings is 1. The standard InChI is InChI=1S/C11H14ClNO/c1-2-3-11(13-14)8-9-4-6-10(12)7-5-9/h4-7,11H,2-3,8H2,1H3. The first kappa shape index (κ1) is 11.2. The van der Waals surface area contributed by atoms with Gasteiger partial charge in [0, 0.05) is 5.02 Å². The second-order valence-electron chi connectivity index (χ2n) is 3.38. The molecule has 0 bridgehead atoms. The first-order chi connectivity index (χ1) is 6.76. The Morgan fingerprint density at radius 2 is 2.00 bits per heavy atom. The van der Waals surface area contributed by atoms with E-state index in [-0.39, 0.29) is 6.04 Å². The molecule has 1 aromatic carbocycles. The van der Waals surface area contributed by atoms with Crippen LogP contribution in [-0.2, 0) is 6.42 Å². The highest BCUT2D eigenvalue weighted by Gasteiger charge is 2.07. The minimum Gasteiger partial charge on any atom is -0.151 e. The lowest BCUT2D eigenvalue weighted by Gasteiger charge is -2.07. The third-order valence-electron chi connectivity index (χ3n) is 2.16. The van der Waals surface area contributed by atoms with E-state index in [1.54, 1.807) is 0 Å². The van der Waals surface area contributed by atoms with E-state index in [1.807, 2.05) is 24.3 Å². The van der Waals surface area contributed by atoms with Crippen LogP contribution in [0.2, 0.25) is 5.02 Å². The quantitative estimate of drug-likeness (QED) is 0.681. The van der Waals surface area contributed by atoms with Gasteiger partial charge < -0.3 is 0 Å². The Balaban J connectivity index is 2.57. The van der Waals surface area contributed by atoms with Crippen molar-refractivity contribution in [2.24, 2.45) is 5.18 Å². The number of hydrogen-bond acceptors (Lipinski definition) is 2. The third kappa shape index (κ3) is 3.46. The molecule has 1 unspecified atom stereocenters. The van der Waals surface area contributed by atoms with Crippen LogP contribution in [0.5, 0.6) is 0 Å². The Morgan fingerprint density at radius 3 is 2.50 bits per heavy atom. The first-order valence-electron chi connectivity index (χ1n) is 4.83. The van der Waals surface area contributed by atoms with E-state index in [9.17, 15) is 4.91 Å². The zero-order valence-corrected chi connectivity index (χ0v) is 9.00. The van der Waals surface area contributed by atoms with E-state index in [2.05, 4.69) is 12.1 Å². The summed E-state index contributed by atoms with van der Waals surface area (Å²) in [5, 5.41) is 3.83. The molecule has 0 saturated heterocycles. The molecule has 3 heteroatoms. The Morgan fingerprint density at radius 1 is 1.36 bits per heavy atom. The molecule has 0 spiro atoms. The van der Waals surface area contributed by atoms with Gasteiger partial charge in [-0.1, -0.05) is 42.3 Å². The largest absolute Gasteiger partial charge is 0.151 e. The lowest BCUT2D eigenvalue weighted by molar-refractivity contribution is 0.599. The number of nitrogens with zero attached hydrogens (tertiary/aromatic N) is 1. The van der Waals surface area contributed by atoms with Crippen LogP contribution in [0.15, 0.2) is 29.4 Å². The zero-order chi connectivity index (χ0) is 10.4. The Kier molecular flexibility index (Phi) is 4.60. The van der Waals surface area contributed by atoms with E-state index in [0.717, 1.165) is 23.4 Å². The maximum absolute atomic E-state index is 10.5. The van der Waals surface area contributed by atoms with Gasteiger partial charge in [-0.3, -0.25) is 0 Å². The molecule has 2 nitrogen and oxygen atoms in total. The summed E-state index contributed by atoms with van der Waals surface area (Å²) in [5.74, 6) is 0. The van der Waals surface area contributed by atoms with Crippen LogP contribution in [0.1, 0.15) is 25.3 Å². The summed E-state index contributed by atoms with van der Waals surface area (Å²) in [4.78, 5) is 10.5. The van der Waals surface area contributed by atoms with Crippen molar-refractivity contribution in [3.8, 4) is 0 Å². The van der Waals surface area contributed by atoms with Gasteiger partial charge in [0.25, 0.3) is 0 Å². The fourth-order valence-electron chi connectivity index (χ4n) is 1.42. The van der Waals surface area contributed by atoms with Crippen molar-refractivity contribution in [3.63, 3.8) is 0 Å². The molecular formula is C11H14ClNO. The Labute approximate surface area is 89.3 Å². The molecule has 0 aliphatic carbocycles. The molecule has 0 aromatic heterocycles. The number of nitroso groups, excluding NO2 is 1. The average molecular weight is 212 g/mol. The van der Waals surface area contributed by atoms with E-state index in [1.165, 1.54) is 0 Å². The highest BCUT2D eigenvalue weighted by Crippen LogP contribution is 2.14. The summed E-state index contributed by atoms with van der Waals surface area (Å²) in [7, 11) is 0. The van der Waals surface area contributed by atoms with Gasteiger partial charge >= 0.3 is 0 Å². The highest BCUT2D eigenvalue weighted by molar-refractivity contribution is 6.30. The van der Waals surface area contributed by atoms with Crippen molar-refractivity contribution in [1.29, 1.82) is 0 Å². The maximum Gasteiger partial charge on any atom is 0.0959 e. The van der Waals surface area contributed by atoms with Gasteiger partial charge in [0.2, 0.25) is 0 Å². The molecular weight excluding hydrogens is 198 g/mol. The van der Waals surface area contributed by atoms with Crippen molar-refractivity contribution < 1.29 is 0 Å².